The zero-order chi connectivity index (χ0) is 27.9. The summed E-state index contributed by atoms with van der Waals surface area (Å²) in [6, 6.07) is 14.3. The van der Waals surface area contributed by atoms with Crippen molar-refractivity contribution in [2.24, 2.45) is 0 Å². The van der Waals surface area contributed by atoms with Gasteiger partial charge in [0.2, 0.25) is 0 Å². The average molecular weight is 564 g/mol. The highest BCUT2D eigenvalue weighted by Crippen LogP contribution is 2.33. The van der Waals surface area contributed by atoms with Crippen molar-refractivity contribution < 1.29 is 13.2 Å². The third-order valence-corrected chi connectivity index (χ3v) is 8.69. The van der Waals surface area contributed by atoms with Gasteiger partial charge in [-0.25, -0.2) is 9.97 Å². The van der Waals surface area contributed by atoms with Gasteiger partial charge in [-0.15, -0.1) is 11.3 Å². The smallest absolute Gasteiger partial charge is 0.367 e. The summed E-state index contributed by atoms with van der Waals surface area (Å²) in [6.45, 7) is 5.35. The molecule has 4 aromatic heterocycles. The number of H-pyrrole nitrogens is 1. The lowest BCUT2D eigenvalue weighted by molar-refractivity contribution is -0.126. The number of hydrogen-bond donors (Lipinski definition) is 2. The van der Waals surface area contributed by atoms with Crippen LogP contribution in [0.5, 0.6) is 0 Å². The molecular weight excluding hydrogens is 535 g/mol. The fraction of sp³-hybridized carbons (Fsp3) is 0.345. The molecule has 0 radical (unpaired) electrons. The van der Waals surface area contributed by atoms with Crippen LogP contribution < -0.4 is 5.32 Å². The van der Waals surface area contributed by atoms with E-state index in [0.29, 0.717) is 28.3 Å². The van der Waals surface area contributed by atoms with Gasteiger partial charge in [0.25, 0.3) is 0 Å². The van der Waals surface area contributed by atoms with E-state index in [1.807, 2.05) is 24.4 Å². The Morgan fingerprint density at radius 2 is 1.95 bits per heavy atom. The summed E-state index contributed by atoms with van der Waals surface area (Å²) in [5, 5.41) is 15.0. The average Bonchev–Trinajstić information content (AvgIpc) is 3.66. The van der Waals surface area contributed by atoms with E-state index >= 15 is 0 Å². The lowest BCUT2D eigenvalue weighted by atomic mass is 10.0. The SMILES string of the molecule is Cc1c(CN2CCC(Nc3ncnc4sc(CC(F)(F)F)cc34)CC2)ccc2c1cc(C#N)n2Cc1ccc[nH]1. The third-order valence-electron chi connectivity index (χ3n) is 7.65. The van der Waals surface area contributed by atoms with Gasteiger partial charge in [-0.05, 0) is 61.2 Å². The third kappa shape index (κ3) is 5.42. The van der Waals surface area contributed by atoms with E-state index in [-0.39, 0.29) is 10.9 Å². The molecule has 0 amide bonds. The van der Waals surface area contributed by atoms with Crippen molar-refractivity contribution in [3.63, 3.8) is 0 Å². The summed E-state index contributed by atoms with van der Waals surface area (Å²) in [5.74, 6) is 0.603. The molecule has 1 fully saturated rings. The molecule has 11 heteroatoms. The van der Waals surface area contributed by atoms with Crippen molar-refractivity contribution >= 4 is 38.3 Å². The molecule has 6 rings (SSSR count). The molecule has 0 atom stereocenters. The molecule has 0 bridgehead atoms. The number of benzene rings is 1. The normalized spacial score (nSPS) is 15.2. The number of aromatic amines is 1. The minimum absolute atomic E-state index is 0.184. The first kappa shape index (κ1) is 26.3. The molecule has 1 aliphatic heterocycles. The summed E-state index contributed by atoms with van der Waals surface area (Å²) in [4.78, 5) is 15.0. The number of nitriles is 1. The van der Waals surface area contributed by atoms with Crippen LogP contribution in [0.1, 0.15) is 40.2 Å². The van der Waals surface area contributed by atoms with E-state index in [2.05, 4.69) is 54.9 Å². The van der Waals surface area contributed by atoms with Crippen LogP contribution in [0.2, 0.25) is 0 Å². The number of fused-ring (bicyclic) bond motifs is 2. The van der Waals surface area contributed by atoms with E-state index in [0.717, 1.165) is 60.4 Å². The monoisotopic (exact) mass is 563 g/mol. The van der Waals surface area contributed by atoms with Gasteiger partial charge < -0.3 is 14.9 Å². The minimum Gasteiger partial charge on any atom is -0.367 e. The minimum atomic E-state index is -4.25. The van der Waals surface area contributed by atoms with Crippen LogP contribution in [0.3, 0.4) is 0 Å². The number of nitrogens with one attached hydrogen (secondary N) is 2. The van der Waals surface area contributed by atoms with Gasteiger partial charge in [0, 0.05) is 53.3 Å². The molecule has 0 unspecified atom stereocenters. The number of anilines is 1. The van der Waals surface area contributed by atoms with Crippen molar-refractivity contribution in [1.29, 1.82) is 5.26 Å². The van der Waals surface area contributed by atoms with Gasteiger partial charge >= 0.3 is 6.18 Å². The Balaban J connectivity index is 1.12. The Bertz CT molecular complexity index is 1690. The van der Waals surface area contributed by atoms with Crippen LogP contribution in [0.25, 0.3) is 21.1 Å². The summed E-state index contributed by atoms with van der Waals surface area (Å²) in [6.07, 6.45) is -0.0984. The lowest BCUT2D eigenvalue weighted by Crippen LogP contribution is -2.39. The van der Waals surface area contributed by atoms with Crippen molar-refractivity contribution in [1.82, 2.24) is 24.4 Å². The van der Waals surface area contributed by atoms with Crippen molar-refractivity contribution in [3.8, 4) is 6.07 Å². The van der Waals surface area contributed by atoms with Gasteiger partial charge in [-0.1, -0.05) is 6.07 Å². The second-order valence-corrected chi connectivity index (χ2v) is 11.5. The Kier molecular flexibility index (Phi) is 6.98. The maximum absolute atomic E-state index is 12.9. The van der Waals surface area contributed by atoms with E-state index in [1.54, 1.807) is 6.07 Å². The Morgan fingerprint density at radius 3 is 2.67 bits per heavy atom. The van der Waals surface area contributed by atoms with E-state index < -0.39 is 12.6 Å². The predicted molar refractivity (Wildman–Crippen MR) is 150 cm³/mol. The molecule has 0 saturated carbocycles. The molecule has 40 heavy (non-hydrogen) atoms. The van der Waals surface area contributed by atoms with Crippen molar-refractivity contribution in [2.75, 3.05) is 18.4 Å². The molecular formula is C29H28F3N7S. The fourth-order valence-electron chi connectivity index (χ4n) is 5.57. The van der Waals surface area contributed by atoms with Crippen LogP contribution in [0.15, 0.2) is 48.9 Å². The molecule has 0 spiro atoms. The maximum atomic E-state index is 12.9. The van der Waals surface area contributed by atoms with Gasteiger partial charge in [0.1, 0.15) is 28.7 Å². The highest BCUT2D eigenvalue weighted by molar-refractivity contribution is 7.18. The van der Waals surface area contributed by atoms with E-state index in [1.165, 1.54) is 17.5 Å². The molecule has 5 heterocycles. The second-order valence-electron chi connectivity index (χ2n) is 10.3. The molecule has 7 nitrogen and oxygen atoms in total. The van der Waals surface area contributed by atoms with Crippen LogP contribution >= 0.6 is 11.3 Å². The molecule has 1 aliphatic rings. The zero-order valence-corrected chi connectivity index (χ0v) is 22.7. The first-order valence-corrected chi connectivity index (χ1v) is 14.0. The Labute approximate surface area is 233 Å². The quantitative estimate of drug-likeness (QED) is 0.240. The largest absolute Gasteiger partial charge is 0.393 e. The Morgan fingerprint density at radius 1 is 1.12 bits per heavy atom. The lowest BCUT2D eigenvalue weighted by Gasteiger charge is -2.33. The van der Waals surface area contributed by atoms with Crippen LogP contribution in [-0.2, 0) is 19.5 Å². The maximum Gasteiger partial charge on any atom is 0.393 e. The van der Waals surface area contributed by atoms with E-state index in [4.69, 9.17) is 0 Å². The van der Waals surface area contributed by atoms with Gasteiger partial charge in [-0.2, -0.15) is 18.4 Å². The zero-order valence-electron chi connectivity index (χ0n) is 21.9. The second kappa shape index (κ2) is 10.6. The molecule has 0 aliphatic carbocycles. The number of aryl methyl sites for hydroxylation is 1. The van der Waals surface area contributed by atoms with Crippen molar-refractivity contribution in [3.05, 3.63) is 76.3 Å². The topological polar surface area (TPSA) is 85.6 Å². The molecule has 1 saturated heterocycles. The number of piperidine rings is 1. The van der Waals surface area contributed by atoms with Crippen LogP contribution in [-0.4, -0.2) is 49.7 Å². The van der Waals surface area contributed by atoms with Crippen molar-refractivity contribution in [2.45, 2.75) is 51.5 Å². The first-order chi connectivity index (χ1) is 19.3. The highest BCUT2D eigenvalue weighted by Gasteiger charge is 2.29. The summed E-state index contributed by atoms with van der Waals surface area (Å²) in [7, 11) is 0. The number of aromatic nitrogens is 4. The molecule has 2 N–H and O–H groups in total. The standard InChI is InChI=1S/C29H28F3N7S/c1-18-19(4-5-26-24(18)11-22(14-33)39(26)16-21-3-2-8-34-21)15-38-9-6-20(7-10-38)37-27-25-12-23(13-29(30,31)32)40-28(25)36-17-35-27/h2-5,8,11-12,17,20,34H,6-7,9-10,13,15-16H2,1H3,(H,35,36,37). The van der Waals surface area contributed by atoms with Gasteiger partial charge in [0.05, 0.1) is 18.4 Å². The van der Waals surface area contributed by atoms with Crippen LogP contribution in [0, 0.1) is 18.3 Å². The number of hydrogen-bond acceptors (Lipinski definition) is 6. The van der Waals surface area contributed by atoms with E-state index in [9.17, 15) is 18.4 Å². The fourth-order valence-corrected chi connectivity index (χ4v) is 6.59. The number of halogens is 3. The van der Waals surface area contributed by atoms with Gasteiger partial charge in [-0.3, -0.25) is 4.90 Å². The summed E-state index contributed by atoms with van der Waals surface area (Å²) in [5.41, 5.74) is 5.18. The summed E-state index contributed by atoms with van der Waals surface area (Å²) < 4.78 is 40.7. The number of nitrogens with zero attached hydrogens (tertiary/aromatic N) is 5. The number of thiophene rings is 1. The first-order valence-electron chi connectivity index (χ1n) is 13.2. The molecule has 1 aromatic carbocycles. The number of likely N-dealkylation sites (tertiary alicyclic amines) is 1. The Hall–Kier alpha value is -3.88. The highest BCUT2D eigenvalue weighted by atomic mass is 32.1. The predicted octanol–water partition coefficient (Wildman–Crippen LogP) is 6.38. The van der Waals surface area contributed by atoms with Gasteiger partial charge in [0.15, 0.2) is 0 Å². The summed E-state index contributed by atoms with van der Waals surface area (Å²) >= 11 is 1.07. The number of alkyl halides is 3. The van der Waals surface area contributed by atoms with Crippen LogP contribution in [0.4, 0.5) is 19.0 Å². The number of rotatable bonds is 7. The molecule has 206 valence electrons. The molecule has 5 aromatic rings.